The van der Waals surface area contributed by atoms with Gasteiger partial charge in [0.2, 0.25) is 0 Å². The third-order valence-corrected chi connectivity index (χ3v) is 3.64. The van der Waals surface area contributed by atoms with Crippen LogP contribution in [-0.2, 0) is 14.6 Å². The molecule has 1 heterocycles. The highest BCUT2D eigenvalue weighted by Gasteiger charge is 2.24. The van der Waals surface area contributed by atoms with Crippen LogP contribution in [0, 0.1) is 13.8 Å². The van der Waals surface area contributed by atoms with Gasteiger partial charge in [-0.15, -0.1) is 0 Å². The minimum Gasteiger partial charge on any atom is -0.480 e. The molecule has 0 aromatic carbocycles. The van der Waals surface area contributed by atoms with Gasteiger partial charge in [-0.05, 0) is 26.3 Å². The van der Waals surface area contributed by atoms with Crippen LogP contribution in [0.25, 0.3) is 0 Å². The molecule has 8 heteroatoms. The van der Waals surface area contributed by atoms with Gasteiger partial charge in [-0.2, -0.15) is 0 Å². The van der Waals surface area contributed by atoms with Crippen molar-refractivity contribution >= 4 is 21.7 Å². The molecule has 0 fully saturated rings. The zero-order chi connectivity index (χ0) is 15.5. The second kappa shape index (κ2) is 6.08. The number of rotatable bonds is 6. The highest BCUT2D eigenvalue weighted by molar-refractivity contribution is 7.90. The van der Waals surface area contributed by atoms with Gasteiger partial charge in [-0.3, -0.25) is 4.79 Å². The number of furan rings is 1. The van der Waals surface area contributed by atoms with Crippen LogP contribution in [0.2, 0.25) is 0 Å². The highest BCUT2D eigenvalue weighted by Crippen LogP contribution is 2.13. The standard InChI is InChI=1S/C12H17NO6S/c1-7-6-9(8(2)19-7)11(14)13-10(12(15)16)4-5-20(3,17)18/h6,10H,4-5H2,1-3H3,(H,13,14)(H,15,16). The van der Waals surface area contributed by atoms with Crippen molar-refractivity contribution < 1.29 is 27.5 Å². The molecule has 112 valence electrons. The Labute approximate surface area is 116 Å². The fourth-order valence-corrected chi connectivity index (χ4v) is 2.35. The van der Waals surface area contributed by atoms with Crippen molar-refractivity contribution in [2.75, 3.05) is 12.0 Å². The molecule has 0 bridgehead atoms. The van der Waals surface area contributed by atoms with Gasteiger partial charge >= 0.3 is 5.97 Å². The first-order valence-electron chi connectivity index (χ1n) is 5.88. The Morgan fingerprint density at radius 1 is 1.40 bits per heavy atom. The minimum absolute atomic E-state index is 0.185. The molecule has 1 atom stereocenters. The van der Waals surface area contributed by atoms with Crippen LogP contribution in [0.15, 0.2) is 10.5 Å². The molecule has 0 radical (unpaired) electrons. The van der Waals surface area contributed by atoms with Gasteiger partial charge in [-0.25, -0.2) is 13.2 Å². The van der Waals surface area contributed by atoms with E-state index in [0.717, 1.165) is 6.26 Å². The Balaban J connectivity index is 2.78. The highest BCUT2D eigenvalue weighted by atomic mass is 32.2. The molecule has 1 rings (SSSR count). The van der Waals surface area contributed by atoms with Crippen LogP contribution < -0.4 is 5.32 Å². The molecule has 0 spiro atoms. The summed E-state index contributed by atoms with van der Waals surface area (Å²) in [6.45, 7) is 3.26. The van der Waals surface area contributed by atoms with E-state index in [4.69, 9.17) is 9.52 Å². The van der Waals surface area contributed by atoms with E-state index in [-0.39, 0.29) is 17.7 Å². The summed E-state index contributed by atoms with van der Waals surface area (Å²) in [7, 11) is -3.29. The van der Waals surface area contributed by atoms with E-state index in [1.807, 2.05) is 0 Å². The van der Waals surface area contributed by atoms with E-state index in [1.54, 1.807) is 13.8 Å². The maximum atomic E-state index is 11.9. The molecule has 1 unspecified atom stereocenters. The summed E-state index contributed by atoms with van der Waals surface area (Å²) in [5.41, 5.74) is 0.244. The van der Waals surface area contributed by atoms with Crippen molar-refractivity contribution in [3.05, 3.63) is 23.2 Å². The lowest BCUT2D eigenvalue weighted by Gasteiger charge is -2.13. The molecule has 0 saturated carbocycles. The van der Waals surface area contributed by atoms with E-state index in [1.165, 1.54) is 6.07 Å². The molecule has 0 aliphatic rings. The predicted octanol–water partition coefficient (Wildman–Crippen LogP) is 0.514. The predicted molar refractivity (Wildman–Crippen MR) is 71.4 cm³/mol. The lowest BCUT2D eigenvalue weighted by molar-refractivity contribution is -0.139. The molecule has 1 amide bonds. The summed E-state index contributed by atoms with van der Waals surface area (Å²) in [6.07, 6.45) is 0.826. The van der Waals surface area contributed by atoms with Crippen molar-refractivity contribution in [1.29, 1.82) is 0 Å². The Kier molecular flexibility index (Phi) is 4.93. The van der Waals surface area contributed by atoms with E-state index in [2.05, 4.69) is 5.32 Å². The second-order valence-electron chi connectivity index (χ2n) is 4.61. The quantitative estimate of drug-likeness (QED) is 0.791. The average molecular weight is 303 g/mol. The normalized spacial score (nSPS) is 12.9. The summed E-state index contributed by atoms with van der Waals surface area (Å²) in [5, 5.41) is 11.3. The Hall–Kier alpha value is -1.83. The number of carbonyl (C=O) groups excluding carboxylic acids is 1. The van der Waals surface area contributed by atoms with Crippen LogP contribution >= 0.6 is 0 Å². The van der Waals surface area contributed by atoms with E-state index < -0.39 is 27.8 Å². The fourth-order valence-electron chi connectivity index (χ4n) is 1.68. The molecular formula is C12H17NO6S. The fraction of sp³-hybridized carbons (Fsp3) is 0.500. The largest absolute Gasteiger partial charge is 0.480 e. The molecular weight excluding hydrogens is 286 g/mol. The number of aryl methyl sites for hydroxylation is 2. The molecule has 1 aromatic heterocycles. The van der Waals surface area contributed by atoms with Crippen LogP contribution in [-0.4, -0.2) is 43.5 Å². The number of carbonyl (C=O) groups is 2. The van der Waals surface area contributed by atoms with Gasteiger partial charge in [0, 0.05) is 6.26 Å². The van der Waals surface area contributed by atoms with Gasteiger partial charge in [0.1, 0.15) is 27.4 Å². The third-order valence-electron chi connectivity index (χ3n) is 2.67. The van der Waals surface area contributed by atoms with Crippen LogP contribution in [0.1, 0.15) is 28.3 Å². The summed E-state index contributed by atoms with van der Waals surface area (Å²) in [5.74, 6) is -1.27. The van der Waals surface area contributed by atoms with Gasteiger partial charge in [0.25, 0.3) is 5.91 Å². The second-order valence-corrected chi connectivity index (χ2v) is 6.87. The Morgan fingerprint density at radius 2 is 2.00 bits per heavy atom. The molecule has 1 aromatic rings. The molecule has 0 saturated heterocycles. The lowest BCUT2D eigenvalue weighted by Crippen LogP contribution is -2.42. The number of aliphatic carboxylic acids is 1. The number of hydrogen-bond donors (Lipinski definition) is 2. The average Bonchev–Trinajstić information content (AvgIpc) is 2.61. The Morgan fingerprint density at radius 3 is 2.40 bits per heavy atom. The van der Waals surface area contributed by atoms with Gasteiger partial charge in [0.05, 0.1) is 11.3 Å². The Bertz CT molecular complexity index is 616. The van der Waals surface area contributed by atoms with E-state index in [9.17, 15) is 18.0 Å². The number of carboxylic acid groups (broad SMARTS) is 1. The van der Waals surface area contributed by atoms with Crippen LogP contribution in [0.3, 0.4) is 0 Å². The zero-order valence-electron chi connectivity index (χ0n) is 11.5. The maximum absolute atomic E-state index is 11.9. The topological polar surface area (TPSA) is 114 Å². The van der Waals surface area contributed by atoms with Gasteiger partial charge in [0.15, 0.2) is 0 Å². The first kappa shape index (κ1) is 16.2. The van der Waals surface area contributed by atoms with Crippen molar-refractivity contribution in [2.45, 2.75) is 26.3 Å². The van der Waals surface area contributed by atoms with Gasteiger partial charge in [-0.1, -0.05) is 0 Å². The third kappa shape index (κ3) is 4.69. The number of nitrogens with one attached hydrogen (secondary N) is 1. The summed E-state index contributed by atoms with van der Waals surface area (Å²) in [4.78, 5) is 23.0. The molecule has 0 aliphatic heterocycles. The van der Waals surface area contributed by atoms with Gasteiger partial charge < -0.3 is 14.8 Å². The van der Waals surface area contributed by atoms with Crippen LogP contribution in [0.5, 0.6) is 0 Å². The van der Waals surface area contributed by atoms with Crippen molar-refractivity contribution in [1.82, 2.24) is 5.32 Å². The molecule has 7 nitrogen and oxygen atoms in total. The SMILES string of the molecule is Cc1cc(C(=O)NC(CCS(C)(=O)=O)C(=O)O)c(C)o1. The number of amides is 1. The number of carboxylic acids is 1. The maximum Gasteiger partial charge on any atom is 0.326 e. The molecule has 0 aliphatic carbocycles. The van der Waals surface area contributed by atoms with Crippen LogP contribution in [0.4, 0.5) is 0 Å². The van der Waals surface area contributed by atoms with Crippen molar-refractivity contribution in [2.24, 2.45) is 0 Å². The summed E-state index contributed by atoms with van der Waals surface area (Å²) in [6, 6.07) is 0.243. The zero-order valence-corrected chi connectivity index (χ0v) is 12.3. The smallest absolute Gasteiger partial charge is 0.326 e. The number of sulfone groups is 1. The lowest BCUT2D eigenvalue weighted by atomic mass is 10.2. The number of hydrogen-bond acceptors (Lipinski definition) is 5. The summed E-state index contributed by atoms with van der Waals surface area (Å²) < 4.78 is 27.3. The van der Waals surface area contributed by atoms with Crippen molar-refractivity contribution in [3.8, 4) is 0 Å². The molecule has 2 N–H and O–H groups in total. The summed E-state index contributed by atoms with van der Waals surface area (Å²) >= 11 is 0. The van der Waals surface area contributed by atoms with E-state index >= 15 is 0 Å². The van der Waals surface area contributed by atoms with E-state index in [0.29, 0.717) is 11.5 Å². The molecule has 20 heavy (non-hydrogen) atoms. The monoisotopic (exact) mass is 303 g/mol. The minimum atomic E-state index is -3.29. The first-order valence-corrected chi connectivity index (χ1v) is 7.94. The first-order chi connectivity index (χ1) is 9.10. The van der Waals surface area contributed by atoms with Crippen molar-refractivity contribution in [3.63, 3.8) is 0 Å².